The van der Waals surface area contributed by atoms with Crippen molar-refractivity contribution in [2.75, 3.05) is 26.3 Å². The number of ether oxygens (including phenoxy) is 1. The predicted octanol–water partition coefficient (Wildman–Crippen LogP) is 2.86. The van der Waals surface area contributed by atoms with Crippen molar-refractivity contribution >= 4 is 11.0 Å². The van der Waals surface area contributed by atoms with Crippen LogP contribution in [0.2, 0.25) is 0 Å². The molecule has 4 rings (SSSR count). The molecule has 24 heavy (non-hydrogen) atoms. The minimum atomic E-state index is 0.483. The van der Waals surface area contributed by atoms with Crippen molar-refractivity contribution in [3.63, 3.8) is 0 Å². The quantitative estimate of drug-likeness (QED) is 0.740. The third-order valence-corrected chi connectivity index (χ3v) is 4.66. The first-order chi connectivity index (χ1) is 11.8. The van der Waals surface area contributed by atoms with Gasteiger partial charge in [-0.3, -0.25) is 4.90 Å². The number of rotatable bonds is 4. The zero-order valence-electron chi connectivity index (χ0n) is 14.0. The monoisotopic (exact) mass is 325 g/mol. The van der Waals surface area contributed by atoms with E-state index >= 15 is 0 Å². The number of fused-ring (bicyclic) bond motifs is 1. The molecular formula is C19H23N3O2. The summed E-state index contributed by atoms with van der Waals surface area (Å²) in [5, 5.41) is 1.22. The van der Waals surface area contributed by atoms with E-state index in [2.05, 4.69) is 34.3 Å². The number of benzene rings is 1. The topological polar surface area (TPSA) is 43.4 Å². The maximum absolute atomic E-state index is 5.86. The van der Waals surface area contributed by atoms with Gasteiger partial charge in [-0.05, 0) is 30.0 Å². The minimum Gasteiger partial charge on any atom is -0.464 e. The molecule has 0 N–H and O–H groups in total. The van der Waals surface area contributed by atoms with Crippen LogP contribution in [0.15, 0.2) is 47.5 Å². The van der Waals surface area contributed by atoms with Crippen molar-refractivity contribution < 1.29 is 9.15 Å². The lowest BCUT2D eigenvalue weighted by Gasteiger charge is -2.22. The maximum atomic E-state index is 5.86. The average molecular weight is 325 g/mol. The van der Waals surface area contributed by atoms with Crippen molar-refractivity contribution in [2.24, 2.45) is 13.0 Å². The van der Waals surface area contributed by atoms with E-state index in [-0.39, 0.29) is 0 Å². The fourth-order valence-electron chi connectivity index (χ4n) is 3.54. The Morgan fingerprint density at radius 1 is 1.29 bits per heavy atom. The molecule has 0 spiro atoms. The number of aryl methyl sites for hydroxylation is 1. The molecule has 2 aromatic heterocycles. The minimum absolute atomic E-state index is 0.483. The Kier molecular flexibility index (Phi) is 4.36. The molecule has 0 amide bonds. The van der Waals surface area contributed by atoms with E-state index in [9.17, 15) is 0 Å². The van der Waals surface area contributed by atoms with Crippen molar-refractivity contribution in [3.05, 3.63) is 54.3 Å². The smallest absolute Gasteiger partial charge is 0.134 e. The standard InChI is InChI=1S/C19H23N3O2/c1-21-11-17(20-14-21)12-22-6-8-23-13-15(10-22)9-16-3-2-4-19-18(16)5-7-24-19/h2-5,7,11,14-15H,6,8-10,12-13H2,1H3. The number of hydrogen-bond donors (Lipinski definition) is 0. The van der Waals surface area contributed by atoms with Crippen LogP contribution in [-0.4, -0.2) is 40.8 Å². The van der Waals surface area contributed by atoms with Crippen molar-refractivity contribution in [3.8, 4) is 0 Å². The molecule has 1 atom stereocenters. The lowest BCUT2D eigenvalue weighted by Crippen LogP contribution is -2.30. The van der Waals surface area contributed by atoms with E-state index in [1.165, 1.54) is 10.9 Å². The predicted molar refractivity (Wildman–Crippen MR) is 92.7 cm³/mol. The Bertz CT molecular complexity index is 808. The van der Waals surface area contributed by atoms with Crippen molar-refractivity contribution in [1.82, 2.24) is 14.5 Å². The number of imidazole rings is 1. The molecule has 1 fully saturated rings. The van der Waals surface area contributed by atoms with Gasteiger partial charge in [-0.25, -0.2) is 4.98 Å². The summed E-state index contributed by atoms with van der Waals surface area (Å²) < 4.78 is 13.4. The van der Waals surface area contributed by atoms with Crippen LogP contribution in [0, 0.1) is 5.92 Å². The second-order valence-electron chi connectivity index (χ2n) is 6.66. The SMILES string of the molecule is Cn1cnc(CN2CCOCC(Cc3cccc4occc34)C2)c1. The second-order valence-corrected chi connectivity index (χ2v) is 6.66. The summed E-state index contributed by atoms with van der Waals surface area (Å²) in [6.45, 7) is 4.48. The zero-order valence-corrected chi connectivity index (χ0v) is 14.0. The highest BCUT2D eigenvalue weighted by molar-refractivity contribution is 5.80. The lowest BCUT2D eigenvalue weighted by atomic mass is 9.97. The highest BCUT2D eigenvalue weighted by Gasteiger charge is 2.20. The molecule has 1 aliphatic heterocycles. The van der Waals surface area contributed by atoms with Gasteiger partial charge in [0.25, 0.3) is 0 Å². The van der Waals surface area contributed by atoms with Crippen LogP contribution < -0.4 is 0 Å². The number of furan rings is 1. The molecule has 3 heterocycles. The zero-order chi connectivity index (χ0) is 16.4. The molecule has 1 saturated heterocycles. The number of hydrogen-bond acceptors (Lipinski definition) is 4. The van der Waals surface area contributed by atoms with Gasteiger partial charge in [-0.1, -0.05) is 12.1 Å². The maximum Gasteiger partial charge on any atom is 0.134 e. The molecule has 1 aromatic carbocycles. The first kappa shape index (κ1) is 15.4. The van der Waals surface area contributed by atoms with Crippen LogP contribution in [0.3, 0.4) is 0 Å². The van der Waals surface area contributed by atoms with Gasteiger partial charge < -0.3 is 13.7 Å². The summed E-state index contributed by atoms with van der Waals surface area (Å²) in [7, 11) is 2.01. The van der Waals surface area contributed by atoms with Crippen LogP contribution >= 0.6 is 0 Å². The van der Waals surface area contributed by atoms with Gasteiger partial charge in [0.2, 0.25) is 0 Å². The van der Waals surface area contributed by atoms with E-state index < -0.39 is 0 Å². The molecule has 126 valence electrons. The lowest BCUT2D eigenvalue weighted by molar-refractivity contribution is 0.122. The van der Waals surface area contributed by atoms with Gasteiger partial charge in [-0.15, -0.1) is 0 Å². The van der Waals surface area contributed by atoms with Crippen molar-refractivity contribution in [1.29, 1.82) is 0 Å². The third-order valence-electron chi connectivity index (χ3n) is 4.66. The largest absolute Gasteiger partial charge is 0.464 e. The Labute approximate surface area is 141 Å². The van der Waals surface area contributed by atoms with Gasteiger partial charge in [0.1, 0.15) is 5.58 Å². The van der Waals surface area contributed by atoms with E-state index in [0.717, 1.165) is 50.5 Å². The van der Waals surface area contributed by atoms with Gasteiger partial charge in [0.05, 0.1) is 31.5 Å². The molecule has 5 nitrogen and oxygen atoms in total. The van der Waals surface area contributed by atoms with Crippen LogP contribution in [-0.2, 0) is 24.8 Å². The van der Waals surface area contributed by atoms with Crippen LogP contribution in [0.25, 0.3) is 11.0 Å². The molecule has 1 aliphatic rings. The third kappa shape index (κ3) is 3.37. The Morgan fingerprint density at radius 2 is 2.25 bits per heavy atom. The van der Waals surface area contributed by atoms with Crippen LogP contribution in [0.4, 0.5) is 0 Å². The molecule has 0 aliphatic carbocycles. The first-order valence-corrected chi connectivity index (χ1v) is 8.50. The second kappa shape index (κ2) is 6.79. The molecule has 0 radical (unpaired) electrons. The molecule has 0 bridgehead atoms. The van der Waals surface area contributed by atoms with Crippen LogP contribution in [0.1, 0.15) is 11.3 Å². The summed E-state index contributed by atoms with van der Waals surface area (Å²) >= 11 is 0. The first-order valence-electron chi connectivity index (χ1n) is 8.50. The Balaban J connectivity index is 1.47. The Hall–Kier alpha value is -2.11. The van der Waals surface area contributed by atoms with Crippen molar-refractivity contribution in [2.45, 2.75) is 13.0 Å². The summed E-state index contributed by atoms with van der Waals surface area (Å²) in [5.74, 6) is 0.483. The summed E-state index contributed by atoms with van der Waals surface area (Å²) in [6, 6.07) is 8.36. The number of aromatic nitrogens is 2. The number of nitrogens with zero attached hydrogens (tertiary/aromatic N) is 3. The van der Waals surface area contributed by atoms with E-state index in [1.54, 1.807) is 6.26 Å². The van der Waals surface area contributed by atoms with E-state index in [1.807, 2.05) is 24.0 Å². The van der Waals surface area contributed by atoms with E-state index in [0.29, 0.717) is 5.92 Å². The molecular weight excluding hydrogens is 302 g/mol. The highest BCUT2D eigenvalue weighted by atomic mass is 16.5. The van der Waals surface area contributed by atoms with Crippen LogP contribution in [0.5, 0.6) is 0 Å². The normalized spacial score (nSPS) is 19.6. The highest BCUT2D eigenvalue weighted by Crippen LogP contribution is 2.24. The summed E-state index contributed by atoms with van der Waals surface area (Å²) in [6.07, 6.45) is 6.73. The fraction of sp³-hybridized carbons (Fsp3) is 0.421. The van der Waals surface area contributed by atoms with Gasteiger partial charge >= 0.3 is 0 Å². The molecule has 3 aromatic rings. The molecule has 0 saturated carbocycles. The van der Waals surface area contributed by atoms with Gasteiger partial charge in [0.15, 0.2) is 0 Å². The average Bonchev–Trinajstić information content (AvgIpc) is 3.15. The van der Waals surface area contributed by atoms with Gasteiger partial charge in [-0.2, -0.15) is 0 Å². The molecule has 5 heteroatoms. The summed E-state index contributed by atoms with van der Waals surface area (Å²) in [5.41, 5.74) is 3.43. The summed E-state index contributed by atoms with van der Waals surface area (Å²) in [4.78, 5) is 6.91. The fourth-order valence-corrected chi connectivity index (χ4v) is 3.54. The molecule has 1 unspecified atom stereocenters. The van der Waals surface area contributed by atoms with Gasteiger partial charge in [0, 0.05) is 38.3 Å². The Morgan fingerprint density at radius 3 is 3.12 bits per heavy atom. The van der Waals surface area contributed by atoms with E-state index in [4.69, 9.17) is 9.15 Å².